The van der Waals surface area contributed by atoms with Crippen molar-refractivity contribution in [3.8, 4) is 10.4 Å². The molecular formula is C20H21N3O2S. The Morgan fingerprint density at radius 2 is 1.81 bits per heavy atom. The number of benzene rings is 1. The predicted molar refractivity (Wildman–Crippen MR) is 104 cm³/mol. The average Bonchev–Trinajstić information content (AvgIpc) is 2.92. The quantitative estimate of drug-likeness (QED) is 0.712. The van der Waals surface area contributed by atoms with Crippen molar-refractivity contribution in [2.24, 2.45) is 0 Å². The van der Waals surface area contributed by atoms with Gasteiger partial charge in [-0.05, 0) is 24.5 Å². The molecule has 5 nitrogen and oxygen atoms in total. The van der Waals surface area contributed by atoms with E-state index in [2.05, 4.69) is 4.98 Å². The van der Waals surface area contributed by atoms with E-state index in [1.807, 2.05) is 41.3 Å². The van der Waals surface area contributed by atoms with Crippen LogP contribution in [0, 0.1) is 0 Å². The fraction of sp³-hybridized carbons (Fsp3) is 0.350. The van der Waals surface area contributed by atoms with Gasteiger partial charge >= 0.3 is 0 Å². The molecule has 0 atom stereocenters. The van der Waals surface area contributed by atoms with Crippen LogP contribution in [0.5, 0.6) is 0 Å². The minimum Gasteiger partial charge on any atom is -0.341 e. The van der Waals surface area contributed by atoms with E-state index in [1.165, 1.54) is 35.1 Å². The Labute approximate surface area is 155 Å². The summed E-state index contributed by atoms with van der Waals surface area (Å²) in [6, 6.07) is 11.9. The molecule has 0 aliphatic carbocycles. The molecule has 0 radical (unpaired) electrons. The second-order valence-corrected chi connectivity index (χ2v) is 7.70. The van der Waals surface area contributed by atoms with Gasteiger partial charge < -0.3 is 4.90 Å². The molecule has 4 rings (SSSR count). The van der Waals surface area contributed by atoms with Crippen LogP contribution in [0.1, 0.15) is 25.7 Å². The van der Waals surface area contributed by atoms with Crippen molar-refractivity contribution in [3.05, 3.63) is 53.1 Å². The maximum Gasteiger partial charge on any atom is 0.262 e. The van der Waals surface area contributed by atoms with Gasteiger partial charge in [-0.3, -0.25) is 14.2 Å². The van der Waals surface area contributed by atoms with Crippen LogP contribution in [0.4, 0.5) is 0 Å². The first-order valence-corrected chi connectivity index (χ1v) is 9.86. The predicted octanol–water partition coefficient (Wildman–Crippen LogP) is 3.53. The monoisotopic (exact) mass is 367 g/mol. The van der Waals surface area contributed by atoms with Gasteiger partial charge in [0.05, 0.1) is 11.7 Å². The van der Waals surface area contributed by atoms with E-state index in [9.17, 15) is 9.59 Å². The Balaban J connectivity index is 1.61. The zero-order chi connectivity index (χ0) is 17.9. The summed E-state index contributed by atoms with van der Waals surface area (Å²) in [6.45, 7) is 1.65. The van der Waals surface area contributed by atoms with E-state index in [1.54, 1.807) is 0 Å². The molecule has 3 aromatic rings. The minimum atomic E-state index is -0.142. The molecule has 1 fully saturated rings. The summed E-state index contributed by atoms with van der Waals surface area (Å²) in [5.41, 5.74) is 0.929. The largest absolute Gasteiger partial charge is 0.341 e. The van der Waals surface area contributed by atoms with Gasteiger partial charge in [0.2, 0.25) is 5.91 Å². The first kappa shape index (κ1) is 17.0. The molecule has 3 heterocycles. The van der Waals surface area contributed by atoms with E-state index < -0.39 is 0 Å². The highest BCUT2D eigenvalue weighted by atomic mass is 32.1. The summed E-state index contributed by atoms with van der Waals surface area (Å²) in [4.78, 5) is 33.4. The summed E-state index contributed by atoms with van der Waals surface area (Å²) in [5, 5.41) is 0.583. The molecule has 1 amide bonds. The first-order valence-electron chi connectivity index (χ1n) is 9.04. The second kappa shape index (κ2) is 7.41. The van der Waals surface area contributed by atoms with Gasteiger partial charge in [0.15, 0.2) is 0 Å². The van der Waals surface area contributed by atoms with Gasteiger partial charge in [0, 0.05) is 18.0 Å². The van der Waals surface area contributed by atoms with Gasteiger partial charge in [-0.15, -0.1) is 11.3 Å². The van der Waals surface area contributed by atoms with Crippen LogP contribution < -0.4 is 5.56 Å². The highest BCUT2D eigenvalue weighted by Crippen LogP contribution is 2.30. The van der Waals surface area contributed by atoms with Crippen LogP contribution in [-0.2, 0) is 11.3 Å². The molecular weight excluding hydrogens is 346 g/mol. The Kier molecular flexibility index (Phi) is 4.84. The number of hydrogen-bond donors (Lipinski definition) is 0. The van der Waals surface area contributed by atoms with E-state index in [-0.39, 0.29) is 18.0 Å². The van der Waals surface area contributed by atoms with Crippen molar-refractivity contribution in [2.45, 2.75) is 32.2 Å². The second-order valence-electron chi connectivity index (χ2n) is 6.67. The molecule has 0 N–H and O–H groups in total. The highest BCUT2D eigenvalue weighted by molar-refractivity contribution is 7.21. The average molecular weight is 367 g/mol. The number of nitrogens with zero attached hydrogens (tertiary/aromatic N) is 3. The van der Waals surface area contributed by atoms with Crippen LogP contribution in [0.25, 0.3) is 20.7 Å². The zero-order valence-corrected chi connectivity index (χ0v) is 15.4. The normalized spacial score (nSPS) is 15.2. The number of carbonyl (C=O) groups is 1. The molecule has 0 spiro atoms. The Morgan fingerprint density at radius 3 is 2.54 bits per heavy atom. The molecule has 6 heteroatoms. The zero-order valence-electron chi connectivity index (χ0n) is 14.6. The number of hydrogen-bond acceptors (Lipinski definition) is 4. The lowest BCUT2D eigenvalue weighted by molar-refractivity contribution is -0.131. The summed E-state index contributed by atoms with van der Waals surface area (Å²) >= 11 is 1.50. The number of rotatable bonds is 3. The van der Waals surface area contributed by atoms with Crippen molar-refractivity contribution in [3.63, 3.8) is 0 Å². The third-order valence-corrected chi connectivity index (χ3v) is 5.93. The Morgan fingerprint density at radius 1 is 1.08 bits per heavy atom. The lowest BCUT2D eigenvalue weighted by atomic mass is 10.2. The smallest absolute Gasteiger partial charge is 0.262 e. The topological polar surface area (TPSA) is 55.2 Å². The molecule has 26 heavy (non-hydrogen) atoms. The molecule has 134 valence electrons. The lowest BCUT2D eigenvalue weighted by Gasteiger charge is -2.20. The lowest BCUT2D eigenvalue weighted by Crippen LogP contribution is -2.37. The molecule has 1 aliphatic heterocycles. The van der Waals surface area contributed by atoms with E-state index in [4.69, 9.17) is 0 Å². The molecule has 1 saturated heterocycles. The van der Waals surface area contributed by atoms with Crippen LogP contribution in [0.3, 0.4) is 0 Å². The number of carbonyl (C=O) groups excluding carboxylic acids is 1. The van der Waals surface area contributed by atoms with Crippen LogP contribution >= 0.6 is 11.3 Å². The number of amides is 1. The summed E-state index contributed by atoms with van der Waals surface area (Å²) in [5.74, 6) is 0.00802. The van der Waals surface area contributed by atoms with E-state index in [0.29, 0.717) is 10.2 Å². The minimum absolute atomic E-state index is 0.00802. The number of fused-ring (bicyclic) bond motifs is 1. The van der Waals surface area contributed by atoms with Crippen molar-refractivity contribution in [1.29, 1.82) is 0 Å². The maximum atomic E-state index is 12.8. The van der Waals surface area contributed by atoms with E-state index >= 15 is 0 Å². The molecule has 1 aliphatic rings. The summed E-state index contributed by atoms with van der Waals surface area (Å²) in [7, 11) is 0. The molecule has 0 unspecified atom stereocenters. The molecule has 1 aromatic carbocycles. The van der Waals surface area contributed by atoms with Crippen LogP contribution in [-0.4, -0.2) is 33.4 Å². The van der Waals surface area contributed by atoms with Crippen molar-refractivity contribution < 1.29 is 4.79 Å². The third kappa shape index (κ3) is 3.42. The van der Waals surface area contributed by atoms with Crippen LogP contribution in [0.15, 0.2) is 47.5 Å². The van der Waals surface area contributed by atoms with Crippen LogP contribution in [0.2, 0.25) is 0 Å². The number of aromatic nitrogens is 2. The van der Waals surface area contributed by atoms with Gasteiger partial charge in [0.25, 0.3) is 5.56 Å². The van der Waals surface area contributed by atoms with E-state index in [0.717, 1.165) is 36.4 Å². The Bertz CT molecular complexity index is 970. The summed E-state index contributed by atoms with van der Waals surface area (Å²) < 4.78 is 1.44. The Hall–Kier alpha value is -2.47. The van der Waals surface area contributed by atoms with Gasteiger partial charge in [-0.2, -0.15) is 0 Å². The SMILES string of the molecule is O=C(Cn1cnc2sc(-c3ccccc3)cc2c1=O)N1CCCCCC1. The number of thiophene rings is 1. The van der Waals surface area contributed by atoms with Crippen molar-refractivity contribution >= 4 is 27.5 Å². The van der Waals surface area contributed by atoms with Gasteiger partial charge in [0.1, 0.15) is 11.4 Å². The van der Waals surface area contributed by atoms with Crippen molar-refractivity contribution in [2.75, 3.05) is 13.1 Å². The summed E-state index contributed by atoms with van der Waals surface area (Å²) in [6.07, 6.45) is 5.94. The van der Waals surface area contributed by atoms with Gasteiger partial charge in [-0.25, -0.2) is 4.98 Å². The molecule has 0 bridgehead atoms. The fourth-order valence-electron chi connectivity index (χ4n) is 3.38. The van der Waals surface area contributed by atoms with Gasteiger partial charge in [-0.1, -0.05) is 43.2 Å². The molecule has 2 aromatic heterocycles. The third-order valence-electron chi connectivity index (χ3n) is 4.84. The number of likely N-dealkylation sites (tertiary alicyclic amines) is 1. The molecule has 0 saturated carbocycles. The standard InChI is InChI=1S/C20H21N3O2S/c24-18(22-10-6-1-2-7-11-22)13-23-14-21-19-16(20(23)25)12-17(26-19)15-8-4-3-5-9-15/h3-5,8-9,12,14H,1-2,6-7,10-11,13H2. The van der Waals surface area contributed by atoms with Crippen molar-refractivity contribution in [1.82, 2.24) is 14.5 Å². The fourth-order valence-corrected chi connectivity index (χ4v) is 4.38. The first-order chi connectivity index (χ1) is 12.7. The maximum absolute atomic E-state index is 12.8. The highest BCUT2D eigenvalue weighted by Gasteiger charge is 2.17.